The Balaban J connectivity index is 0.000000220. The van der Waals surface area contributed by atoms with Crippen molar-refractivity contribution in [2.45, 2.75) is 0 Å². The molecule has 0 heterocycles. The van der Waals surface area contributed by atoms with Crippen molar-refractivity contribution in [2.75, 3.05) is 0 Å². The zero-order chi connectivity index (χ0) is 16.5. The summed E-state index contributed by atoms with van der Waals surface area (Å²) in [6.07, 6.45) is 3.22. The maximum atomic E-state index is 10.2. The third-order valence-corrected chi connectivity index (χ3v) is 2.66. The average molecular weight is 298 g/mol. The van der Waals surface area contributed by atoms with Gasteiger partial charge in [0, 0.05) is 24.3 Å². The second kappa shape index (κ2) is 8.11. The van der Waals surface area contributed by atoms with Crippen LogP contribution in [0.25, 0.3) is 12.2 Å². The highest BCUT2D eigenvalue weighted by Gasteiger charge is 2.02. The first-order valence-corrected chi connectivity index (χ1v) is 6.21. The van der Waals surface area contributed by atoms with Crippen LogP contribution in [0.15, 0.2) is 61.7 Å². The van der Waals surface area contributed by atoms with Gasteiger partial charge < -0.3 is 0 Å². The molecule has 0 fully saturated rings. The molecule has 0 amide bonds. The van der Waals surface area contributed by atoms with Crippen LogP contribution in [0.1, 0.15) is 11.1 Å². The number of benzene rings is 2. The molecule has 2 aromatic carbocycles. The molecule has 0 bridgehead atoms. The van der Waals surface area contributed by atoms with Crippen molar-refractivity contribution in [1.82, 2.24) is 0 Å². The summed E-state index contributed by atoms with van der Waals surface area (Å²) in [5, 5.41) is 20.4. The molecule has 0 radical (unpaired) electrons. The molecule has 0 saturated carbocycles. The van der Waals surface area contributed by atoms with Gasteiger partial charge in [-0.3, -0.25) is 20.2 Å². The van der Waals surface area contributed by atoms with Gasteiger partial charge in [-0.25, -0.2) is 0 Å². The number of hydrogen-bond donors (Lipinski definition) is 0. The topological polar surface area (TPSA) is 86.3 Å². The molecule has 0 aromatic heterocycles. The summed E-state index contributed by atoms with van der Waals surface area (Å²) in [5.74, 6) is 0. The number of nitro groups is 2. The first-order valence-electron chi connectivity index (χ1n) is 6.21. The van der Waals surface area contributed by atoms with Crippen molar-refractivity contribution in [3.8, 4) is 0 Å². The van der Waals surface area contributed by atoms with E-state index in [-0.39, 0.29) is 11.4 Å². The molecule has 0 aliphatic carbocycles. The van der Waals surface area contributed by atoms with Gasteiger partial charge in [0.15, 0.2) is 0 Å². The van der Waals surface area contributed by atoms with E-state index in [1.165, 1.54) is 24.3 Å². The van der Waals surface area contributed by atoms with Crippen LogP contribution in [0, 0.1) is 20.2 Å². The van der Waals surface area contributed by atoms with Crippen molar-refractivity contribution < 1.29 is 9.85 Å². The van der Waals surface area contributed by atoms with Crippen molar-refractivity contribution in [3.05, 3.63) is 93.0 Å². The molecule has 0 aliphatic rings. The van der Waals surface area contributed by atoms with Gasteiger partial charge in [-0.15, -0.1) is 0 Å². The predicted molar refractivity (Wildman–Crippen MR) is 86.4 cm³/mol. The molecular weight excluding hydrogens is 284 g/mol. The highest BCUT2D eigenvalue weighted by Crippen LogP contribution is 2.13. The third-order valence-electron chi connectivity index (χ3n) is 2.66. The average Bonchev–Trinajstić information content (AvgIpc) is 2.55. The minimum absolute atomic E-state index is 0.0994. The first-order chi connectivity index (χ1) is 10.5. The largest absolute Gasteiger partial charge is 0.270 e. The predicted octanol–water partition coefficient (Wildman–Crippen LogP) is 4.48. The number of nitrogens with zero attached hydrogens (tertiary/aromatic N) is 2. The van der Waals surface area contributed by atoms with E-state index in [9.17, 15) is 20.2 Å². The Labute approximate surface area is 127 Å². The van der Waals surface area contributed by atoms with Crippen LogP contribution in [-0.2, 0) is 0 Å². The quantitative estimate of drug-likeness (QED) is 0.615. The Hall–Kier alpha value is -3.28. The van der Waals surface area contributed by atoms with Gasteiger partial charge in [0.25, 0.3) is 11.4 Å². The third kappa shape index (κ3) is 5.01. The minimum atomic E-state index is -0.424. The zero-order valence-electron chi connectivity index (χ0n) is 11.7. The summed E-state index contributed by atoms with van der Waals surface area (Å²) < 4.78 is 0. The highest BCUT2D eigenvalue weighted by molar-refractivity contribution is 5.51. The zero-order valence-corrected chi connectivity index (χ0v) is 11.7. The maximum absolute atomic E-state index is 10.2. The summed E-state index contributed by atoms with van der Waals surface area (Å²) >= 11 is 0. The number of rotatable bonds is 4. The summed E-state index contributed by atoms with van der Waals surface area (Å²) in [5.41, 5.74) is 1.85. The van der Waals surface area contributed by atoms with Crippen LogP contribution in [0.2, 0.25) is 0 Å². The Morgan fingerprint density at radius 3 is 1.77 bits per heavy atom. The van der Waals surface area contributed by atoms with E-state index >= 15 is 0 Å². The molecule has 2 aromatic rings. The smallest absolute Gasteiger partial charge is 0.258 e. The van der Waals surface area contributed by atoms with E-state index < -0.39 is 9.85 Å². The summed E-state index contributed by atoms with van der Waals surface area (Å²) in [4.78, 5) is 19.6. The van der Waals surface area contributed by atoms with Crippen molar-refractivity contribution in [3.63, 3.8) is 0 Å². The highest BCUT2D eigenvalue weighted by atomic mass is 16.6. The molecular formula is C16H14N2O4. The SMILES string of the molecule is C=Cc1ccc([N+](=O)[O-])cc1.C=Cc1cccc([N+](=O)[O-])c1. The Bertz CT molecular complexity index is 694. The molecule has 6 heteroatoms. The molecule has 0 saturated heterocycles. The second-order valence-corrected chi connectivity index (χ2v) is 4.11. The second-order valence-electron chi connectivity index (χ2n) is 4.11. The lowest BCUT2D eigenvalue weighted by atomic mass is 10.2. The lowest BCUT2D eigenvalue weighted by Gasteiger charge is -1.91. The van der Waals surface area contributed by atoms with E-state index in [2.05, 4.69) is 13.2 Å². The molecule has 0 N–H and O–H groups in total. The van der Waals surface area contributed by atoms with Crippen LogP contribution < -0.4 is 0 Å². The Morgan fingerprint density at radius 2 is 1.32 bits per heavy atom. The normalized spacial score (nSPS) is 9.09. The molecule has 112 valence electrons. The molecule has 0 unspecified atom stereocenters. The van der Waals surface area contributed by atoms with Gasteiger partial charge in [-0.2, -0.15) is 0 Å². The van der Waals surface area contributed by atoms with E-state index in [1.807, 2.05) is 0 Å². The number of hydrogen-bond acceptors (Lipinski definition) is 4. The van der Waals surface area contributed by atoms with Crippen LogP contribution in [0.4, 0.5) is 11.4 Å². The lowest BCUT2D eigenvalue weighted by Crippen LogP contribution is -1.86. The molecule has 0 aliphatic heterocycles. The minimum Gasteiger partial charge on any atom is -0.258 e. The van der Waals surface area contributed by atoms with E-state index in [4.69, 9.17) is 0 Å². The van der Waals surface area contributed by atoms with Gasteiger partial charge in [0.05, 0.1) is 9.85 Å². The Morgan fingerprint density at radius 1 is 0.773 bits per heavy atom. The van der Waals surface area contributed by atoms with Crippen LogP contribution in [-0.4, -0.2) is 9.85 Å². The molecule has 6 nitrogen and oxygen atoms in total. The molecule has 0 spiro atoms. The fraction of sp³-hybridized carbons (Fsp3) is 0. The van der Waals surface area contributed by atoms with E-state index in [0.29, 0.717) is 0 Å². The van der Waals surface area contributed by atoms with Gasteiger partial charge in [0.1, 0.15) is 0 Å². The molecule has 0 atom stereocenters. The fourth-order valence-electron chi connectivity index (χ4n) is 1.50. The molecule has 2 rings (SSSR count). The lowest BCUT2D eigenvalue weighted by molar-refractivity contribution is -0.385. The van der Waals surface area contributed by atoms with Crippen molar-refractivity contribution >= 4 is 23.5 Å². The summed E-state index contributed by atoms with van der Waals surface area (Å²) in [6.45, 7) is 7.04. The van der Waals surface area contributed by atoms with Crippen molar-refractivity contribution in [1.29, 1.82) is 0 Å². The number of non-ortho nitro benzene ring substituents is 2. The van der Waals surface area contributed by atoms with Gasteiger partial charge in [-0.05, 0) is 23.3 Å². The van der Waals surface area contributed by atoms with Crippen LogP contribution >= 0.6 is 0 Å². The maximum Gasteiger partial charge on any atom is 0.270 e. The molecule has 22 heavy (non-hydrogen) atoms. The summed E-state index contributed by atoms with van der Waals surface area (Å²) in [6, 6.07) is 12.6. The monoisotopic (exact) mass is 298 g/mol. The van der Waals surface area contributed by atoms with E-state index in [0.717, 1.165) is 11.1 Å². The van der Waals surface area contributed by atoms with Gasteiger partial charge in [-0.1, -0.05) is 37.4 Å². The van der Waals surface area contributed by atoms with Crippen LogP contribution in [0.5, 0.6) is 0 Å². The Kier molecular flexibility index (Phi) is 6.18. The van der Waals surface area contributed by atoms with Gasteiger partial charge >= 0.3 is 0 Å². The van der Waals surface area contributed by atoms with Crippen molar-refractivity contribution in [2.24, 2.45) is 0 Å². The summed E-state index contributed by atoms with van der Waals surface area (Å²) in [7, 11) is 0. The number of nitro benzene ring substituents is 2. The van der Waals surface area contributed by atoms with E-state index in [1.54, 1.807) is 36.4 Å². The standard InChI is InChI=1S/2C8H7NO2/c1-2-7-3-5-8(6-4-7)9(10)11;1-2-7-4-3-5-8(6-7)9(10)11/h2*2-6H,1H2. The first kappa shape index (κ1) is 16.8. The van der Waals surface area contributed by atoms with Gasteiger partial charge in [0.2, 0.25) is 0 Å². The van der Waals surface area contributed by atoms with Crippen LogP contribution in [0.3, 0.4) is 0 Å². The fourth-order valence-corrected chi connectivity index (χ4v) is 1.50.